The molecule has 0 saturated carbocycles. The van der Waals surface area contributed by atoms with Gasteiger partial charge in [-0.3, -0.25) is 9.69 Å². The van der Waals surface area contributed by atoms with Gasteiger partial charge in [0.25, 0.3) is 5.91 Å². The van der Waals surface area contributed by atoms with Crippen LogP contribution in [-0.2, 0) is 14.8 Å². The van der Waals surface area contributed by atoms with Gasteiger partial charge in [0.15, 0.2) is 0 Å². The smallest absolute Gasteiger partial charge is 0.257 e. The first kappa shape index (κ1) is 22.0. The van der Waals surface area contributed by atoms with Gasteiger partial charge in [-0.1, -0.05) is 6.92 Å². The Morgan fingerprint density at radius 2 is 1.90 bits per heavy atom. The SMILES string of the molecule is COc1ccc(S(=O)(=O)NCCN2CCOCC2)cc1C(=O)N1CCC(C)CC1. The number of benzene rings is 1. The summed E-state index contributed by atoms with van der Waals surface area (Å²) in [6.45, 7) is 7.42. The predicted octanol–water partition coefficient (Wildman–Crippen LogP) is 1.18. The van der Waals surface area contributed by atoms with Gasteiger partial charge in [-0.25, -0.2) is 13.1 Å². The van der Waals surface area contributed by atoms with Gasteiger partial charge in [0.2, 0.25) is 10.0 Å². The third-order valence-electron chi connectivity index (χ3n) is 5.61. The van der Waals surface area contributed by atoms with Crippen LogP contribution in [0.15, 0.2) is 23.1 Å². The molecule has 2 heterocycles. The minimum absolute atomic E-state index is 0.0778. The van der Waals surface area contributed by atoms with Crippen LogP contribution in [0.25, 0.3) is 0 Å². The zero-order valence-electron chi connectivity index (χ0n) is 17.2. The fourth-order valence-corrected chi connectivity index (χ4v) is 4.70. The molecule has 8 nitrogen and oxygen atoms in total. The highest BCUT2D eigenvalue weighted by molar-refractivity contribution is 7.89. The first-order valence-electron chi connectivity index (χ1n) is 10.2. The molecule has 2 saturated heterocycles. The van der Waals surface area contributed by atoms with E-state index in [1.165, 1.54) is 19.2 Å². The molecule has 0 radical (unpaired) electrons. The van der Waals surface area contributed by atoms with Crippen LogP contribution < -0.4 is 9.46 Å². The van der Waals surface area contributed by atoms with Gasteiger partial charge in [-0.15, -0.1) is 0 Å². The molecule has 2 fully saturated rings. The van der Waals surface area contributed by atoms with Gasteiger partial charge in [0.05, 0.1) is 30.8 Å². The summed E-state index contributed by atoms with van der Waals surface area (Å²) in [6, 6.07) is 4.46. The van der Waals surface area contributed by atoms with Crippen LogP contribution in [0.2, 0.25) is 0 Å². The second kappa shape index (κ2) is 9.88. The van der Waals surface area contributed by atoms with Crippen LogP contribution >= 0.6 is 0 Å². The van der Waals surface area contributed by atoms with E-state index < -0.39 is 10.0 Å². The molecule has 2 aliphatic rings. The average Bonchev–Trinajstić information content (AvgIpc) is 2.74. The lowest BCUT2D eigenvalue weighted by atomic mass is 9.98. The zero-order valence-corrected chi connectivity index (χ0v) is 18.0. The molecule has 29 heavy (non-hydrogen) atoms. The van der Waals surface area contributed by atoms with Gasteiger partial charge >= 0.3 is 0 Å². The average molecular weight is 426 g/mol. The van der Waals surface area contributed by atoms with E-state index >= 15 is 0 Å². The molecule has 0 unspecified atom stereocenters. The molecular formula is C20H31N3O5S. The summed E-state index contributed by atoms with van der Waals surface area (Å²) in [6.07, 6.45) is 1.91. The summed E-state index contributed by atoms with van der Waals surface area (Å²) in [4.78, 5) is 17.0. The van der Waals surface area contributed by atoms with Crippen molar-refractivity contribution in [3.05, 3.63) is 23.8 Å². The number of morpholine rings is 1. The number of likely N-dealkylation sites (tertiary alicyclic amines) is 1. The third kappa shape index (κ3) is 5.69. The predicted molar refractivity (Wildman–Crippen MR) is 110 cm³/mol. The highest BCUT2D eigenvalue weighted by Gasteiger charge is 2.26. The number of amides is 1. The Balaban J connectivity index is 1.70. The van der Waals surface area contributed by atoms with Crippen molar-refractivity contribution in [2.45, 2.75) is 24.7 Å². The minimum Gasteiger partial charge on any atom is -0.496 e. The Morgan fingerprint density at radius 1 is 1.21 bits per heavy atom. The number of nitrogens with one attached hydrogen (secondary N) is 1. The first-order chi connectivity index (χ1) is 13.9. The van der Waals surface area contributed by atoms with Crippen molar-refractivity contribution in [2.75, 3.05) is 59.6 Å². The fraction of sp³-hybridized carbons (Fsp3) is 0.650. The van der Waals surface area contributed by atoms with Crippen LogP contribution in [0.5, 0.6) is 5.75 Å². The Labute approximate surface area is 173 Å². The second-order valence-electron chi connectivity index (χ2n) is 7.69. The molecule has 1 amide bonds. The lowest BCUT2D eigenvalue weighted by molar-refractivity contribution is 0.0390. The van der Waals surface area contributed by atoms with E-state index in [4.69, 9.17) is 9.47 Å². The van der Waals surface area contributed by atoms with E-state index in [2.05, 4.69) is 16.5 Å². The molecule has 3 rings (SSSR count). The topological polar surface area (TPSA) is 88.2 Å². The molecule has 162 valence electrons. The number of piperidine rings is 1. The minimum atomic E-state index is -3.72. The van der Waals surface area contributed by atoms with Gasteiger partial charge in [-0.05, 0) is 37.0 Å². The van der Waals surface area contributed by atoms with Crippen LogP contribution in [0.1, 0.15) is 30.1 Å². The van der Waals surface area contributed by atoms with E-state index in [-0.39, 0.29) is 16.4 Å². The summed E-state index contributed by atoms with van der Waals surface area (Å²) in [7, 11) is -2.23. The summed E-state index contributed by atoms with van der Waals surface area (Å²) in [5.74, 6) is 0.809. The van der Waals surface area contributed by atoms with Gasteiger partial charge in [-0.2, -0.15) is 0 Å². The Bertz CT molecular complexity index is 800. The summed E-state index contributed by atoms with van der Waals surface area (Å²) >= 11 is 0. The molecule has 0 bridgehead atoms. The molecular weight excluding hydrogens is 394 g/mol. The summed E-state index contributed by atoms with van der Waals surface area (Å²) in [5.41, 5.74) is 0.290. The second-order valence-corrected chi connectivity index (χ2v) is 9.46. The quantitative estimate of drug-likeness (QED) is 0.706. The molecule has 0 aliphatic carbocycles. The standard InChI is InChI=1S/C20H31N3O5S/c1-16-5-8-23(9-6-16)20(24)18-15-17(3-4-19(18)27-2)29(25,26)21-7-10-22-11-13-28-14-12-22/h3-4,15-16,21H,5-14H2,1-2H3. The van der Waals surface area contributed by atoms with Gasteiger partial charge < -0.3 is 14.4 Å². The highest BCUT2D eigenvalue weighted by Crippen LogP contribution is 2.26. The van der Waals surface area contributed by atoms with Crippen molar-refractivity contribution >= 4 is 15.9 Å². The van der Waals surface area contributed by atoms with E-state index in [0.717, 1.165) is 25.9 Å². The lowest BCUT2D eigenvalue weighted by Gasteiger charge is -2.30. The Hall–Kier alpha value is -1.68. The number of carbonyl (C=O) groups excluding carboxylic acids is 1. The zero-order chi connectivity index (χ0) is 20.9. The molecule has 0 spiro atoms. The Morgan fingerprint density at radius 3 is 2.55 bits per heavy atom. The number of nitrogens with zero attached hydrogens (tertiary/aromatic N) is 2. The fourth-order valence-electron chi connectivity index (χ4n) is 3.65. The largest absolute Gasteiger partial charge is 0.496 e. The van der Waals surface area contributed by atoms with Crippen molar-refractivity contribution in [3.63, 3.8) is 0 Å². The number of carbonyl (C=O) groups is 1. The molecule has 9 heteroatoms. The Kier molecular flexibility index (Phi) is 7.50. The molecule has 0 aromatic heterocycles. The van der Waals surface area contributed by atoms with Crippen LogP contribution in [0.4, 0.5) is 0 Å². The maximum absolute atomic E-state index is 13.0. The number of methoxy groups -OCH3 is 1. The number of hydrogen-bond donors (Lipinski definition) is 1. The number of rotatable bonds is 7. The van der Waals surface area contributed by atoms with Crippen molar-refractivity contribution in [3.8, 4) is 5.75 Å². The molecule has 1 aromatic carbocycles. The van der Waals surface area contributed by atoms with E-state index in [9.17, 15) is 13.2 Å². The molecule has 1 N–H and O–H groups in total. The lowest BCUT2D eigenvalue weighted by Crippen LogP contribution is -2.41. The number of sulfonamides is 1. The van der Waals surface area contributed by atoms with Gasteiger partial charge in [0, 0.05) is 39.3 Å². The first-order valence-corrected chi connectivity index (χ1v) is 11.7. The van der Waals surface area contributed by atoms with E-state index in [0.29, 0.717) is 51.1 Å². The number of ether oxygens (including phenoxy) is 2. The maximum atomic E-state index is 13.0. The molecule has 0 atom stereocenters. The normalized spacial score (nSPS) is 19.3. The monoisotopic (exact) mass is 425 g/mol. The van der Waals surface area contributed by atoms with Crippen molar-refractivity contribution < 1.29 is 22.7 Å². The van der Waals surface area contributed by atoms with Crippen molar-refractivity contribution in [1.29, 1.82) is 0 Å². The van der Waals surface area contributed by atoms with Crippen molar-refractivity contribution in [1.82, 2.24) is 14.5 Å². The maximum Gasteiger partial charge on any atom is 0.257 e. The van der Waals surface area contributed by atoms with Crippen molar-refractivity contribution in [2.24, 2.45) is 5.92 Å². The van der Waals surface area contributed by atoms with Crippen LogP contribution in [0, 0.1) is 5.92 Å². The highest BCUT2D eigenvalue weighted by atomic mass is 32.2. The van der Waals surface area contributed by atoms with Crippen LogP contribution in [-0.4, -0.2) is 83.7 Å². The summed E-state index contributed by atoms with van der Waals surface area (Å²) < 4.78 is 38.8. The third-order valence-corrected chi connectivity index (χ3v) is 7.07. The molecule has 1 aromatic rings. The number of hydrogen-bond acceptors (Lipinski definition) is 6. The van der Waals surface area contributed by atoms with Gasteiger partial charge in [0.1, 0.15) is 5.75 Å². The van der Waals surface area contributed by atoms with E-state index in [1.807, 2.05) is 0 Å². The molecule has 2 aliphatic heterocycles. The van der Waals surface area contributed by atoms with Crippen LogP contribution in [0.3, 0.4) is 0 Å². The summed E-state index contributed by atoms with van der Waals surface area (Å²) in [5, 5.41) is 0. The van der Waals surface area contributed by atoms with E-state index in [1.54, 1.807) is 11.0 Å².